The number of nitrogens with zero attached hydrogens (tertiary/aromatic N) is 1. The molecule has 0 spiro atoms. The summed E-state index contributed by atoms with van der Waals surface area (Å²) in [5.74, 6) is 0.374. The Morgan fingerprint density at radius 2 is 1.91 bits per heavy atom. The number of halogens is 3. The first-order chi connectivity index (χ1) is 16.1. The van der Waals surface area contributed by atoms with Crippen molar-refractivity contribution >= 4 is 9.84 Å². The van der Waals surface area contributed by atoms with Gasteiger partial charge in [-0.3, -0.25) is 4.79 Å². The Hall–Kier alpha value is -2.37. The van der Waals surface area contributed by atoms with E-state index in [0.29, 0.717) is 54.1 Å². The lowest BCUT2D eigenvalue weighted by molar-refractivity contribution is -0.271. The van der Waals surface area contributed by atoms with Crippen LogP contribution in [0.1, 0.15) is 42.7 Å². The zero-order valence-electron chi connectivity index (χ0n) is 19.8. The van der Waals surface area contributed by atoms with E-state index >= 15 is 0 Å². The molecule has 4 rings (SSSR count). The lowest BCUT2D eigenvalue weighted by Crippen LogP contribution is -2.52. The summed E-state index contributed by atoms with van der Waals surface area (Å²) in [7, 11) is -3.62. The van der Waals surface area contributed by atoms with Crippen molar-refractivity contribution in [3.8, 4) is 5.75 Å². The van der Waals surface area contributed by atoms with Crippen LogP contribution in [-0.4, -0.2) is 49.3 Å². The van der Waals surface area contributed by atoms with Crippen LogP contribution >= 0.6 is 0 Å². The Morgan fingerprint density at radius 1 is 1.20 bits per heavy atom. The van der Waals surface area contributed by atoms with E-state index in [1.54, 1.807) is 0 Å². The molecule has 1 unspecified atom stereocenters. The monoisotopic (exact) mass is 514 g/mol. The molecule has 0 aliphatic carbocycles. The summed E-state index contributed by atoms with van der Waals surface area (Å²) in [6.07, 6.45) is -2.59. The minimum Gasteiger partial charge on any atom is -0.493 e. The van der Waals surface area contributed by atoms with E-state index in [1.807, 2.05) is 0 Å². The first kappa shape index (κ1) is 25.7. The van der Waals surface area contributed by atoms with E-state index in [4.69, 9.17) is 4.74 Å². The van der Waals surface area contributed by atoms with Gasteiger partial charge in [-0.15, -0.1) is 0 Å². The van der Waals surface area contributed by atoms with E-state index in [9.17, 15) is 31.5 Å². The molecule has 2 aliphatic heterocycles. The summed E-state index contributed by atoms with van der Waals surface area (Å²) in [4.78, 5) is 12.2. The van der Waals surface area contributed by atoms with Crippen LogP contribution in [-0.2, 0) is 41.2 Å². The zero-order valence-corrected chi connectivity index (χ0v) is 20.6. The number of rotatable bonds is 6. The molecule has 35 heavy (non-hydrogen) atoms. The SMILES string of the molecule is CC(C)(CC(O)(Cn1ccc(=O)c2c1CCNC2)C(F)(F)F)c1cc(S(C)(=O)=O)cc2c1OCC2. The molecule has 2 aliphatic rings. The number of sulfone groups is 1. The van der Waals surface area contributed by atoms with E-state index in [-0.39, 0.29) is 16.9 Å². The van der Waals surface area contributed by atoms with Crippen molar-refractivity contribution in [2.45, 2.75) is 68.3 Å². The Morgan fingerprint density at radius 3 is 2.57 bits per heavy atom. The van der Waals surface area contributed by atoms with Gasteiger partial charge >= 0.3 is 6.18 Å². The average molecular weight is 515 g/mol. The minimum atomic E-state index is -4.99. The van der Waals surface area contributed by atoms with Gasteiger partial charge in [0.25, 0.3) is 0 Å². The van der Waals surface area contributed by atoms with Gasteiger partial charge in [0.2, 0.25) is 0 Å². The Bertz CT molecular complexity index is 1320. The van der Waals surface area contributed by atoms with Crippen molar-refractivity contribution in [3.05, 3.63) is 57.0 Å². The molecular weight excluding hydrogens is 485 g/mol. The summed E-state index contributed by atoms with van der Waals surface area (Å²) in [5, 5.41) is 14.2. The number of hydrogen-bond acceptors (Lipinski definition) is 6. The molecule has 7 nitrogen and oxygen atoms in total. The van der Waals surface area contributed by atoms with E-state index in [2.05, 4.69) is 5.32 Å². The van der Waals surface area contributed by atoms with Crippen LogP contribution in [0.25, 0.3) is 0 Å². The van der Waals surface area contributed by atoms with Crippen molar-refractivity contribution in [2.24, 2.45) is 0 Å². The number of aliphatic hydroxyl groups is 1. The third kappa shape index (κ3) is 4.85. The number of nitrogens with one attached hydrogen (secondary N) is 1. The standard InChI is InChI=1S/C24H29F3N2O5S/c1-22(2,18-11-16(35(3,32)33)10-15-6-9-34-21(15)18)13-23(31,24(25,26)27)14-29-8-5-20(30)17-12-28-7-4-19(17)29/h5,8,10-11,28,31H,4,6-7,9,12-14H2,1-3H3. The molecule has 0 saturated heterocycles. The van der Waals surface area contributed by atoms with Crippen molar-refractivity contribution in [3.63, 3.8) is 0 Å². The lowest BCUT2D eigenvalue weighted by atomic mass is 9.74. The number of ether oxygens (including phenoxy) is 1. The van der Waals surface area contributed by atoms with Gasteiger partial charge in [-0.05, 0) is 29.5 Å². The number of benzene rings is 1. The van der Waals surface area contributed by atoms with Crippen molar-refractivity contribution in [1.29, 1.82) is 0 Å². The number of fused-ring (bicyclic) bond motifs is 2. The first-order valence-electron chi connectivity index (χ1n) is 11.3. The van der Waals surface area contributed by atoms with Gasteiger partial charge in [-0.2, -0.15) is 13.2 Å². The maximum atomic E-state index is 14.4. The molecular formula is C24H29F3N2O5S. The van der Waals surface area contributed by atoms with Gasteiger partial charge in [-0.25, -0.2) is 8.42 Å². The lowest BCUT2D eigenvalue weighted by Gasteiger charge is -2.39. The second kappa shape index (κ2) is 8.63. The first-order valence-corrected chi connectivity index (χ1v) is 13.2. The Kier molecular flexibility index (Phi) is 6.34. The molecule has 11 heteroatoms. The maximum absolute atomic E-state index is 14.4. The molecule has 0 amide bonds. The quantitative estimate of drug-likeness (QED) is 0.615. The molecule has 2 N–H and O–H groups in total. The van der Waals surface area contributed by atoms with Gasteiger partial charge in [0.1, 0.15) is 5.75 Å². The highest BCUT2D eigenvalue weighted by atomic mass is 32.2. The van der Waals surface area contributed by atoms with Gasteiger partial charge < -0.3 is 19.7 Å². The molecule has 1 aromatic heterocycles. The van der Waals surface area contributed by atoms with Gasteiger partial charge in [0, 0.05) is 61.3 Å². The van der Waals surface area contributed by atoms with Crippen LogP contribution in [0.5, 0.6) is 5.75 Å². The third-order valence-electron chi connectivity index (χ3n) is 6.85. The van der Waals surface area contributed by atoms with Crippen LogP contribution in [0.3, 0.4) is 0 Å². The summed E-state index contributed by atoms with van der Waals surface area (Å²) in [6, 6.07) is 4.06. The largest absolute Gasteiger partial charge is 0.493 e. The van der Waals surface area contributed by atoms with E-state index in [1.165, 1.54) is 42.8 Å². The Balaban J connectivity index is 1.78. The average Bonchev–Trinajstić information content (AvgIpc) is 3.22. The topological polar surface area (TPSA) is 97.6 Å². The Labute approximate surface area is 201 Å². The maximum Gasteiger partial charge on any atom is 0.418 e. The summed E-state index contributed by atoms with van der Waals surface area (Å²) >= 11 is 0. The summed E-state index contributed by atoms with van der Waals surface area (Å²) < 4.78 is 74.8. The highest BCUT2D eigenvalue weighted by Crippen LogP contribution is 2.47. The molecule has 3 heterocycles. The molecule has 0 bridgehead atoms. The summed E-state index contributed by atoms with van der Waals surface area (Å²) in [5.41, 5.74) is -2.92. The fourth-order valence-corrected chi connectivity index (χ4v) is 5.75. The molecule has 0 radical (unpaired) electrons. The van der Waals surface area contributed by atoms with Gasteiger partial charge in [0.05, 0.1) is 18.0 Å². The molecule has 1 atom stereocenters. The predicted octanol–water partition coefficient (Wildman–Crippen LogP) is 2.49. The smallest absolute Gasteiger partial charge is 0.418 e. The van der Waals surface area contributed by atoms with Crippen LogP contribution in [0.2, 0.25) is 0 Å². The van der Waals surface area contributed by atoms with Crippen molar-refractivity contribution in [1.82, 2.24) is 9.88 Å². The normalized spacial score (nSPS) is 17.9. The number of pyridine rings is 1. The highest BCUT2D eigenvalue weighted by molar-refractivity contribution is 7.90. The van der Waals surface area contributed by atoms with Crippen molar-refractivity contribution < 1.29 is 31.4 Å². The highest BCUT2D eigenvalue weighted by Gasteiger charge is 2.56. The molecule has 2 aromatic rings. The van der Waals surface area contributed by atoms with Crippen LogP contribution in [0.4, 0.5) is 13.2 Å². The second-order valence-corrected chi connectivity index (χ2v) is 12.1. The van der Waals surface area contributed by atoms with Crippen LogP contribution in [0.15, 0.2) is 34.1 Å². The van der Waals surface area contributed by atoms with E-state index < -0.39 is 40.0 Å². The van der Waals surface area contributed by atoms with Crippen LogP contribution < -0.4 is 15.5 Å². The fraction of sp³-hybridized carbons (Fsp3) is 0.542. The number of alkyl halides is 3. The second-order valence-electron chi connectivity index (χ2n) is 10.1. The third-order valence-corrected chi connectivity index (χ3v) is 7.94. The molecule has 0 fully saturated rings. The molecule has 0 saturated carbocycles. The molecule has 1 aromatic carbocycles. The zero-order chi connectivity index (χ0) is 25.8. The number of hydrogen-bond donors (Lipinski definition) is 2. The van der Waals surface area contributed by atoms with Crippen molar-refractivity contribution in [2.75, 3.05) is 19.4 Å². The summed E-state index contributed by atoms with van der Waals surface area (Å²) in [6.45, 7) is 3.35. The minimum absolute atomic E-state index is 0.00218. The fourth-order valence-electron chi connectivity index (χ4n) is 5.07. The molecule has 192 valence electrons. The number of aromatic nitrogens is 1. The predicted molar refractivity (Wildman–Crippen MR) is 124 cm³/mol. The van der Waals surface area contributed by atoms with E-state index in [0.717, 1.165) is 6.26 Å². The van der Waals surface area contributed by atoms with Crippen LogP contribution in [0, 0.1) is 0 Å². The van der Waals surface area contributed by atoms with Gasteiger partial charge in [-0.1, -0.05) is 13.8 Å². The van der Waals surface area contributed by atoms with Gasteiger partial charge in [0.15, 0.2) is 20.9 Å².